The van der Waals surface area contributed by atoms with Crippen molar-refractivity contribution in [3.05, 3.63) is 102 Å². The summed E-state index contributed by atoms with van der Waals surface area (Å²) in [5.41, 5.74) is 3.81. The molecule has 5 nitrogen and oxygen atoms in total. The molecule has 0 bridgehead atoms. The highest BCUT2D eigenvalue weighted by Gasteiger charge is 2.22. The van der Waals surface area contributed by atoms with Crippen molar-refractivity contribution in [3.8, 4) is 5.75 Å². The summed E-state index contributed by atoms with van der Waals surface area (Å²) in [6.07, 6.45) is 1.56. The molecule has 0 fully saturated rings. The maximum atomic E-state index is 10.8. The van der Waals surface area contributed by atoms with E-state index in [9.17, 15) is 4.79 Å². The highest BCUT2D eigenvalue weighted by molar-refractivity contribution is 5.86. The summed E-state index contributed by atoms with van der Waals surface area (Å²) in [5.74, 6) is -0.533. The van der Waals surface area contributed by atoms with E-state index in [1.807, 2.05) is 48.5 Å². The molecule has 0 saturated heterocycles. The van der Waals surface area contributed by atoms with E-state index in [4.69, 9.17) is 19.0 Å². The lowest BCUT2D eigenvalue weighted by Gasteiger charge is -2.25. The number of carbonyl (C=O) groups is 1. The molecule has 0 spiro atoms. The smallest absolute Gasteiger partial charge is 0.341 e. The first-order valence-corrected chi connectivity index (χ1v) is 10.2. The van der Waals surface area contributed by atoms with E-state index >= 15 is 0 Å². The molecule has 0 radical (unpaired) electrons. The Hall–Kier alpha value is -3.57. The fourth-order valence-corrected chi connectivity index (χ4v) is 3.82. The second kappa shape index (κ2) is 9.49. The zero-order valence-corrected chi connectivity index (χ0v) is 17.2. The van der Waals surface area contributed by atoms with Crippen molar-refractivity contribution in [1.29, 1.82) is 0 Å². The van der Waals surface area contributed by atoms with Crippen LogP contribution in [0.5, 0.6) is 5.75 Å². The lowest BCUT2D eigenvalue weighted by Crippen LogP contribution is -2.20. The van der Waals surface area contributed by atoms with E-state index < -0.39 is 12.6 Å². The molecule has 3 aromatic carbocycles. The summed E-state index contributed by atoms with van der Waals surface area (Å²) < 4.78 is 17.3. The van der Waals surface area contributed by atoms with Gasteiger partial charge in [0.1, 0.15) is 0 Å². The zero-order chi connectivity index (χ0) is 21.6. The number of hydrogen-bond acceptors (Lipinski definition) is 4. The molecule has 1 heterocycles. The van der Waals surface area contributed by atoms with E-state index in [-0.39, 0.29) is 12.0 Å². The van der Waals surface area contributed by atoms with Crippen molar-refractivity contribution in [2.45, 2.75) is 25.6 Å². The number of carboxylic acid groups (broad SMARTS) is 1. The normalized spacial score (nSPS) is 12.2. The summed E-state index contributed by atoms with van der Waals surface area (Å²) in [6, 6.07) is 26.1. The average Bonchev–Trinajstić information content (AvgIpc) is 3.21. The van der Waals surface area contributed by atoms with Gasteiger partial charge in [-0.2, -0.15) is 0 Å². The van der Waals surface area contributed by atoms with Gasteiger partial charge < -0.3 is 19.0 Å². The maximum Gasteiger partial charge on any atom is 0.341 e. The van der Waals surface area contributed by atoms with Crippen LogP contribution in [0, 0.1) is 0 Å². The van der Waals surface area contributed by atoms with Gasteiger partial charge in [-0.3, -0.25) is 0 Å². The molecular weight excluding hydrogens is 392 g/mol. The van der Waals surface area contributed by atoms with Crippen LogP contribution in [0.2, 0.25) is 0 Å². The molecule has 1 aromatic heterocycles. The van der Waals surface area contributed by atoms with E-state index in [1.54, 1.807) is 12.3 Å². The molecule has 0 aliphatic carbocycles. The number of hydrogen-bond donors (Lipinski definition) is 1. The minimum Gasteiger partial charge on any atom is -0.479 e. The second-order valence-electron chi connectivity index (χ2n) is 7.39. The van der Waals surface area contributed by atoms with Crippen molar-refractivity contribution in [2.75, 3.05) is 6.61 Å². The molecule has 0 saturated carbocycles. The van der Waals surface area contributed by atoms with E-state index in [1.165, 1.54) is 11.1 Å². The molecule has 1 unspecified atom stereocenters. The van der Waals surface area contributed by atoms with Gasteiger partial charge in [-0.1, -0.05) is 72.8 Å². The Morgan fingerprint density at radius 3 is 2.19 bits per heavy atom. The van der Waals surface area contributed by atoms with Crippen molar-refractivity contribution >= 4 is 16.9 Å². The highest BCUT2D eigenvalue weighted by atomic mass is 16.5. The Morgan fingerprint density at radius 1 is 0.935 bits per heavy atom. The number of fused-ring (bicyclic) bond motifs is 1. The van der Waals surface area contributed by atoms with Gasteiger partial charge in [-0.15, -0.1) is 0 Å². The summed E-state index contributed by atoms with van der Waals surface area (Å²) in [5, 5.41) is 9.71. The molecule has 4 rings (SSSR count). The third-order valence-electron chi connectivity index (χ3n) is 5.28. The molecule has 0 aliphatic rings. The van der Waals surface area contributed by atoms with Gasteiger partial charge in [0.2, 0.25) is 0 Å². The molecule has 1 N–H and O–H groups in total. The zero-order valence-electron chi connectivity index (χ0n) is 17.2. The van der Waals surface area contributed by atoms with Crippen molar-refractivity contribution in [3.63, 3.8) is 0 Å². The van der Waals surface area contributed by atoms with Gasteiger partial charge in [0.15, 0.2) is 17.9 Å². The Labute approximate surface area is 180 Å². The van der Waals surface area contributed by atoms with Crippen LogP contribution in [0.4, 0.5) is 0 Å². The van der Waals surface area contributed by atoms with Crippen LogP contribution in [0.25, 0.3) is 11.0 Å². The number of carboxylic acids is 1. The van der Waals surface area contributed by atoms with Crippen LogP contribution < -0.4 is 4.74 Å². The molecule has 4 aromatic rings. The van der Waals surface area contributed by atoms with Crippen molar-refractivity contribution in [1.82, 2.24) is 0 Å². The first kappa shape index (κ1) is 20.7. The SMILES string of the molecule is CC(OCc1coc2c(OCC(=O)O)cccc12)C(c1ccccc1)c1ccccc1. The molecule has 5 heteroatoms. The van der Waals surface area contributed by atoms with Gasteiger partial charge in [0.05, 0.1) is 19.0 Å². The standard InChI is InChI=1S/C26H24O5/c1-18(25(19-9-4-2-5-10-19)20-11-6-3-7-12-20)29-15-21-16-31-26-22(21)13-8-14-23(26)30-17-24(27)28/h2-14,16,18,25H,15,17H2,1H3,(H,27,28). The van der Waals surface area contributed by atoms with Gasteiger partial charge in [-0.05, 0) is 24.1 Å². The predicted octanol–water partition coefficient (Wildman–Crippen LogP) is 5.63. The van der Waals surface area contributed by atoms with Crippen LogP contribution in [-0.4, -0.2) is 23.8 Å². The molecule has 158 valence electrons. The average molecular weight is 416 g/mol. The van der Waals surface area contributed by atoms with Gasteiger partial charge >= 0.3 is 5.97 Å². The van der Waals surface area contributed by atoms with Crippen LogP contribution in [-0.2, 0) is 16.1 Å². The van der Waals surface area contributed by atoms with Crippen LogP contribution in [0.15, 0.2) is 89.5 Å². The maximum absolute atomic E-state index is 10.8. The van der Waals surface area contributed by atoms with E-state index in [2.05, 4.69) is 31.2 Å². The quantitative estimate of drug-likeness (QED) is 0.383. The van der Waals surface area contributed by atoms with Crippen LogP contribution >= 0.6 is 0 Å². The number of aliphatic carboxylic acids is 1. The molecule has 0 aliphatic heterocycles. The predicted molar refractivity (Wildman–Crippen MR) is 118 cm³/mol. The largest absolute Gasteiger partial charge is 0.479 e. The minimum atomic E-state index is -1.03. The van der Waals surface area contributed by atoms with Crippen LogP contribution in [0.3, 0.4) is 0 Å². The minimum absolute atomic E-state index is 0.0822. The van der Waals surface area contributed by atoms with Gasteiger partial charge in [0.25, 0.3) is 0 Å². The Morgan fingerprint density at radius 2 is 1.58 bits per heavy atom. The third kappa shape index (κ3) is 4.78. The monoisotopic (exact) mass is 416 g/mol. The summed E-state index contributed by atoms with van der Waals surface area (Å²) >= 11 is 0. The van der Waals surface area contributed by atoms with Crippen LogP contribution in [0.1, 0.15) is 29.5 Å². The molecule has 0 amide bonds. The summed E-state index contributed by atoms with van der Waals surface area (Å²) in [6.45, 7) is 2.03. The topological polar surface area (TPSA) is 68.9 Å². The number of para-hydroxylation sites is 1. The number of ether oxygens (including phenoxy) is 2. The van der Waals surface area contributed by atoms with Gasteiger partial charge in [0, 0.05) is 16.9 Å². The molecule has 1 atom stereocenters. The fraction of sp³-hybridized carbons (Fsp3) is 0.192. The van der Waals surface area contributed by atoms with E-state index in [0.29, 0.717) is 17.9 Å². The Bertz CT molecular complexity index is 1090. The lowest BCUT2D eigenvalue weighted by atomic mass is 9.87. The Kier molecular flexibility index (Phi) is 6.34. The lowest BCUT2D eigenvalue weighted by molar-refractivity contribution is -0.139. The van der Waals surface area contributed by atoms with Gasteiger partial charge in [-0.25, -0.2) is 4.79 Å². The highest BCUT2D eigenvalue weighted by Crippen LogP contribution is 2.33. The first-order chi connectivity index (χ1) is 15.1. The summed E-state index contributed by atoms with van der Waals surface area (Å²) in [4.78, 5) is 10.8. The number of furan rings is 1. The molecule has 31 heavy (non-hydrogen) atoms. The van der Waals surface area contributed by atoms with E-state index in [0.717, 1.165) is 10.9 Å². The second-order valence-corrected chi connectivity index (χ2v) is 7.39. The number of rotatable bonds is 9. The number of benzene rings is 3. The summed E-state index contributed by atoms with van der Waals surface area (Å²) in [7, 11) is 0. The fourth-order valence-electron chi connectivity index (χ4n) is 3.82. The molecular formula is C26H24O5. The van der Waals surface area contributed by atoms with Crippen molar-refractivity contribution in [2.24, 2.45) is 0 Å². The Balaban J connectivity index is 1.54. The first-order valence-electron chi connectivity index (χ1n) is 10.2. The third-order valence-corrected chi connectivity index (χ3v) is 5.28. The van der Waals surface area contributed by atoms with Crippen molar-refractivity contribution < 1.29 is 23.8 Å².